The highest BCUT2D eigenvalue weighted by molar-refractivity contribution is 6.11. The summed E-state index contributed by atoms with van der Waals surface area (Å²) in [4.78, 5) is 21.9. The van der Waals surface area contributed by atoms with Gasteiger partial charge in [0, 0.05) is 35.8 Å². The van der Waals surface area contributed by atoms with E-state index in [4.69, 9.17) is 4.74 Å². The fourth-order valence-corrected chi connectivity index (χ4v) is 3.28. The van der Waals surface area contributed by atoms with Crippen molar-refractivity contribution in [1.82, 2.24) is 14.5 Å². The quantitative estimate of drug-likeness (QED) is 0.508. The number of hydrogen-bond acceptors (Lipinski definition) is 4. The highest BCUT2D eigenvalue weighted by Crippen LogP contribution is 2.31. The van der Waals surface area contributed by atoms with Crippen LogP contribution >= 0.6 is 0 Å². The SMILES string of the molecule is CC(C)(C)OC(=O)n1c2ncccc2c2cncc(Cc3ccccc3)c21. The summed E-state index contributed by atoms with van der Waals surface area (Å²) in [5, 5.41) is 1.79. The summed E-state index contributed by atoms with van der Waals surface area (Å²) in [5.41, 5.74) is 2.91. The van der Waals surface area contributed by atoms with Gasteiger partial charge >= 0.3 is 6.09 Å². The van der Waals surface area contributed by atoms with Gasteiger partial charge in [-0.25, -0.2) is 14.3 Å². The van der Waals surface area contributed by atoms with Crippen molar-refractivity contribution in [1.29, 1.82) is 0 Å². The van der Waals surface area contributed by atoms with Crippen molar-refractivity contribution in [3.8, 4) is 0 Å². The molecule has 0 spiro atoms. The van der Waals surface area contributed by atoms with Crippen molar-refractivity contribution >= 4 is 28.0 Å². The summed E-state index contributed by atoms with van der Waals surface area (Å²) in [6.45, 7) is 5.58. The van der Waals surface area contributed by atoms with Crippen molar-refractivity contribution in [2.24, 2.45) is 0 Å². The number of pyridine rings is 2. The highest BCUT2D eigenvalue weighted by atomic mass is 16.6. The Morgan fingerprint density at radius 3 is 2.56 bits per heavy atom. The molecule has 5 nitrogen and oxygen atoms in total. The molecule has 0 amide bonds. The van der Waals surface area contributed by atoms with E-state index in [-0.39, 0.29) is 0 Å². The summed E-state index contributed by atoms with van der Waals surface area (Å²) < 4.78 is 7.25. The molecule has 0 aliphatic carbocycles. The zero-order valence-electron chi connectivity index (χ0n) is 15.6. The number of ether oxygens (including phenoxy) is 1. The molecule has 0 radical (unpaired) electrons. The Balaban J connectivity index is 1.97. The molecule has 0 unspecified atom stereocenters. The van der Waals surface area contributed by atoms with Gasteiger partial charge in [-0.3, -0.25) is 4.98 Å². The van der Waals surface area contributed by atoms with Gasteiger partial charge in [-0.15, -0.1) is 0 Å². The largest absolute Gasteiger partial charge is 0.443 e. The van der Waals surface area contributed by atoms with Gasteiger partial charge in [-0.05, 0) is 44.0 Å². The molecule has 4 aromatic rings. The van der Waals surface area contributed by atoms with E-state index < -0.39 is 11.7 Å². The van der Waals surface area contributed by atoms with Gasteiger partial charge < -0.3 is 4.74 Å². The Kier molecular flexibility index (Phi) is 4.15. The van der Waals surface area contributed by atoms with Crippen LogP contribution in [0.3, 0.4) is 0 Å². The molecule has 0 N–H and O–H groups in total. The third kappa shape index (κ3) is 3.28. The second-order valence-corrected chi connectivity index (χ2v) is 7.55. The van der Waals surface area contributed by atoms with E-state index in [9.17, 15) is 4.79 Å². The zero-order chi connectivity index (χ0) is 19.0. The Labute approximate surface area is 157 Å². The van der Waals surface area contributed by atoms with Crippen molar-refractivity contribution in [2.75, 3.05) is 0 Å². The number of nitrogens with zero attached hydrogens (tertiary/aromatic N) is 3. The number of carbonyl (C=O) groups is 1. The van der Waals surface area contributed by atoms with Gasteiger partial charge in [0.25, 0.3) is 0 Å². The monoisotopic (exact) mass is 359 g/mol. The summed E-state index contributed by atoms with van der Waals surface area (Å²) in [5.74, 6) is 0. The number of hydrogen-bond donors (Lipinski definition) is 0. The zero-order valence-corrected chi connectivity index (χ0v) is 15.6. The van der Waals surface area contributed by atoms with Crippen LogP contribution in [0.5, 0.6) is 0 Å². The van der Waals surface area contributed by atoms with Crippen LogP contribution in [0.25, 0.3) is 21.9 Å². The van der Waals surface area contributed by atoms with E-state index in [1.54, 1.807) is 17.0 Å². The standard InChI is InChI=1S/C22H21N3O2/c1-22(2,3)27-21(26)25-19-16(12-15-8-5-4-6-9-15)13-23-14-18(19)17-10-7-11-24-20(17)25/h4-11,13-14H,12H2,1-3H3. The van der Waals surface area contributed by atoms with Crippen LogP contribution in [-0.4, -0.2) is 26.2 Å². The lowest BCUT2D eigenvalue weighted by atomic mass is 10.0. The molecule has 0 bridgehead atoms. The Morgan fingerprint density at radius 1 is 1.04 bits per heavy atom. The Morgan fingerprint density at radius 2 is 1.81 bits per heavy atom. The Bertz CT molecular complexity index is 1120. The molecule has 0 atom stereocenters. The summed E-state index contributed by atoms with van der Waals surface area (Å²) in [7, 11) is 0. The summed E-state index contributed by atoms with van der Waals surface area (Å²) >= 11 is 0. The Hall–Kier alpha value is -3.21. The molecule has 0 aliphatic rings. The number of aromatic nitrogens is 3. The first-order valence-electron chi connectivity index (χ1n) is 8.93. The van der Waals surface area contributed by atoms with Crippen LogP contribution in [0.4, 0.5) is 4.79 Å². The van der Waals surface area contributed by atoms with Gasteiger partial charge in [0.15, 0.2) is 5.65 Å². The maximum absolute atomic E-state index is 13.0. The van der Waals surface area contributed by atoms with E-state index in [1.807, 2.05) is 57.3 Å². The molecular weight excluding hydrogens is 338 g/mol. The van der Waals surface area contributed by atoms with Gasteiger partial charge in [-0.1, -0.05) is 30.3 Å². The van der Waals surface area contributed by atoms with E-state index in [2.05, 4.69) is 22.1 Å². The highest BCUT2D eigenvalue weighted by Gasteiger charge is 2.24. The predicted octanol–water partition coefficient (Wildman–Crippen LogP) is 4.96. The molecule has 5 heteroatoms. The van der Waals surface area contributed by atoms with E-state index in [0.29, 0.717) is 12.1 Å². The molecule has 136 valence electrons. The first-order chi connectivity index (χ1) is 12.9. The molecule has 3 aromatic heterocycles. The fraction of sp³-hybridized carbons (Fsp3) is 0.227. The molecular formula is C22H21N3O2. The minimum Gasteiger partial charge on any atom is -0.443 e. The van der Waals surface area contributed by atoms with Crippen LogP contribution < -0.4 is 0 Å². The second kappa shape index (κ2) is 6.50. The van der Waals surface area contributed by atoms with Crippen LogP contribution in [0.2, 0.25) is 0 Å². The third-order valence-corrected chi connectivity index (χ3v) is 4.32. The molecule has 0 aliphatic heterocycles. The lowest BCUT2D eigenvalue weighted by Gasteiger charge is -2.20. The summed E-state index contributed by atoms with van der Waals surface area (Å²) in [6, 6.07) is 14.0. The molecule has 1 aromatic carbocycles. The number of benzene rings is 1. The predicted molar refractivity (Wildman–Crippen MR) is 106 cm³/mol. The van der Waals surface area contributed by atoms with Crippen LogP contribution in [0.15, 0.2) is 61.1 Å². The molecule has 27 heavy (non-hydrogen) atoms. The van der Waals surface area contributed by atoms with Crippen LogP contribution in [0, 0.1) is 0 Å². The van der Waals surface area contributed by atoms with Crippen molar-refractivity contribution < 1.29 is 9.53 Å². The van der Waals surface area contributed by atoms with Gasteiger partial charge in [0.2, 0.25) is 0 Å². The van der Waals surface area contributed by atoms with Gasteiger partial charge in [-0.2, -0.15) is 0 Å². The number of carbonyl (C=O) groups excluding carboxylic acids is 1. The van der Waals surface area contributed by atoms with Gasteiger partial charge in [0.05, 0.1) is 5.52 Å². The average molecular weight is 359 g/mol. The minimum atomic E-state index is -0.596. The van der Waals surface area contributed by atoms with E-state index in [1.165, 1.54) is 0 Å². The van der Waals surface area contributed by atoms with Crippen LogP contribution in [0.1, 0.15) is 31.9 Å². The second-order valence-electron chi connectivity index (χ2n) is 7.55. The van der Waals surface area contributed by atoms with Crippen LogP contribution in [-0.2, 0) is 11.2 Å². The fourth-order valence-electron chi connectivity index (χ4n) is 3.28. The average Bonchev–Trinajstić information content (AvgIpc) is 2.97. The maximum atomic E-state index is 13.0. The van der Waals surface area contributed by atoms with Crippen molar-refractivity contribution in [3.05, 3.63) is 72.2 Å². The number of fused-ring (bicyclic) bond motifs is 3. The number of rotatable bonds is 2. The molecule has 0 saturated heterocycles. The molecule has 0 saturated carbocycles. The van der Waals surface area contributed by atoms with Crippen molar-refractivity contribution in [2.45, 2.75) is 32.8 Å². The minimum absolute atomic E-state index is 0.429. The normalized spacial score (nSPS) is 11.8. The smallest absolute Gasteiger partial charge is 0.420 e. The van der Waals surface area contributed by atoms with E-state index in [0.717, 1.165) is 27.4 Å². The summed E-state index contributed by atoms with van der Waals surface area (Å²) in [6.07, 6.45) is 5.53. The molecule has 3 heterocycles. The first kappa shape index (κ1) is 17.2. The first-order valence-corrected chi connectivity index (χ1v) is 8.93. The molecule has 0 fully saturated rings. The lowest BCUT2D eigenvalue weighted by Crippen LogP contribution is -2.27. The molecule has 4 rings (SSSR count). The van der Waals surface area contributed by atoms with Gasteiger partial charge in [0.1, 0.15) is 5.60 Å². The van der Waals surface area contributed by atoms with Crippen molar-refractivity contribution in [3.63, 3.8) is 0 Å². The maximum Gasteiger partial charge on any atom is 0.420 e. The van der Waals surface area contributed by atoms with E-state index >= 15 is 0 Å². The lowest BCUT2D eigenvalue weighted by molar-refractivity contribution is 0.0550. The topological polar surface area (TPSA) is 57.0 Å². The third-order valence-electron chi connectivity index (χ3n) is 4.32.